The summed E-state index contributed by atoms with van der Waals surface area (Å²) >= 11 is 5.19. The summed E-state index contributed by atoms with van der Waals surface area (Å²) in [5.41, 5.74) is 2.93. The van der Waals surface area contributed by atoms with Crippen LogP contribution in [0, 0.1) is 17.6 Å². The number of nitrogens with one attached hydrogen (secondary N) is 2. The van der Waals surface area contributed by atoms with Crippen molar-refractivity contribution in [3.05, 3.63) is 46.0 Å². The van der Waals surface area contributed by atoms with E-state index in [4.69, 9.17) is 12.2 Å². The molecule has 2 aliphatic rings. The fourth-order valence-corrected chi connectivity index (χ4v) is 4.52. The van der Waals surface area contributed by atoms with E-state index >= 15 is 0 Å². The third-order valence-corrected chi connectivity index (χ3v) is 5.91. The Morgan fingerprint density at radius 3 is 3.12 bits per heavy atom. The van der Waals surface area contributed by atoms with Crippen molar-refractivity contribution in [1.29, 1.82) is 0 Å². The molecule has 0 saturated heterocycles. The highest BCUT2D eigenvalue weighted by Crippen LogP contribution is 2.60. The minimum Gasteiger partial charge on any atom is -0.354 e. The van der Waals surface area contributed by atoms with Crippen LogP contribution in [0.3, 0.4) is 0 Å². The van der Waals surface area contributed by atoms with Crippen LogP contribution in [0.25, 0.3) is 0 Å². The highest BCUT2D eigenvalue weighted by molar-refractivity contribution is 7.71. The maximum absolute atomic E-state index is 12.6. The zero-order chi connectivity index (χ0) is 16.7. The third kappa shape index (κ3) is 2.49. The number of rotatable bonds is 4. The number of nitrogens with zero attached hydrogens (tertiary/aromatic N) is 2. The summed E-state index contributed by atoms with van der Waals surface area (Å²) in [6.45, 7) is 3.15. The van der Waals surface area contributed by atoms with Gasteiger partial charge in [-0.25, -0.2) is 0 Å². The SMILES string of the molecule is Cc1n[nH]c(=S)n1CCNC(=O)[C@H]1C[C@]12CCCc1ccccc12. The fraction of sp³-hybridized carbons (Fsp3) is 0.500. The number of aromatic amines is 1. The normalized spacial score (nSPS) is 24.6. The molecule has 2 atom stereocenters. The van der Waals surface area contributed by atoms with E-state index in [2.05, 4.69) is 39.8 Å². The summed E-state index contributed by atoms with van der Waals surface area (Å²) in [5, 5.41) is 9.95. The number of aryl methyl sites for hydroxylation is 2. The molecule has 0 aliphatic heterocycles. The lowest BCUT2D eigenvalue weighted by Gasteiger charge is -2.26. The number of hydrogen-bond acceptors (Lipinski definition) is 3. The van der Waals surface area contributed by atoms with E-state index in [1.165, 1.54) is 17.5 Å². The zero-order valence-electron chi connectivity index (χ0n) is 13.8. The molecule has 0 unspecified atom stereocenters. The van der Waals surface area contributed by atoms with E-state index in [0.29, 0.717) is 17.9 Å². The molecule has 0 bridgehead atoms. The zero-order valence-corrected chi connectivity index (χ0v) is 14.7. The van der Waals surface area contributed by atoms with E-state index in [9.17, 15) is 4.79 Å². The first kappa shape index (κ1) is 15.6. The van der Waals surface area contributed by atoms with Gasteiger partial charge in [-0.3, -0.25) is 9.89 Å². The van der Waals surface area contributed by atoms with Gasteiger partial charge < -0.3 is 9.88 Å². The Morgan fingerprint density at radius 2 is 2.33 bits per heavy atom. The molecule has 1 amide bonds. The topological polar surface area (TPSA) is 62.7 Å². The Bertz CT molecular complexity index is 840. The summed E-state index contributed by atoms with van der Waals surface area (Å²) in [6, 6.07) is 8.64. The number of fused-ring (bicyclic) bond motifs is 2. The van der Waals surface area contributed by atoms with Crippen molar-refractivity contribution in [3.63, 3.8) is 0 Å². The molecule has 126 valence electrons. The summed E-state index contributed by atoms with van der Waals surface area (Å²) in [5.74, 6) is 1.15. The molecule has 2 N–H and O–H groups in total. The standard InChI is InChI=1S/C18H22N4OS/c1-12-20-21-17(24)22(12)10-9-19-16(23)15-11-18(15)8-4-6-13-5-2-3-7-14(13)18/h2-3,5,7,15H,4,6,8-11H2,1H3,(H,19,23)(H,21,24)/t15-,18+/m1/s1. The van der Waals surface area contributed by atoms with Gasteiger partial charge in [0, 0.05) is 24.4 Å². The van der Waals surface area contributed by atoms with Gasteiger partial charge in [-0.2, -0.15) is 5.10 Å². The minimum absolute atomic E-state index is 0.0980. The molecular formula is C18H22N4OS. The van der Waals surface area contributed by atoms with Crippen LogP contribution in [0.4, 0.5) is 0 Å². The highest BCUT2D eigenvalue weighted by atomic mass is 32.1. The van der Waals surface area contributed by atoms with Gasteiger partial charge in [0.25, 0.3) is 0 Å². The maximum atomic E-state index is 12.6. The van der Waals surface area contributed by atoms with Gasteiger partial charge in [-0.15, -0.1) is 0 Å². The molecule has 1 aromatic carbocycles. The van der Waals surface area contributed by atoms with Crippen molar-refractivity contribution in [2.24, 2.45) is 5.92 Å². The molecule has 4 rings (SSSR count). The Hall–Kier alpha value is -1.95. The number of H-pyrrole nitrogens is 1. The molecule has 24 heavy (non-hydrogen) atoms. The van der Waals surface area contributed by atoms with E-state index < -0.39 is 0 Å². The van der Waals surface area contributed by atoms with Crippen LogP contribution in [0.2, 0.25) is 0 Å². The molecule has 2 aliphatic carbocycles. The second kappa shape index (κ2) is 5.84. The molecule has 1 spiro atoms. The number of carbonyl (C=O) groups excluding carboxylic acids is 1. The minimum atomic E-state index is 0.0980. The van der Waals surface area contributed by atoms with Gasteiger partial charge in [0.05, 0.1) is 0 Å². The lowest BCUT2D eigenvalue weighted by atomic mass is 9.78. The van der Waals surface area contributed by atoms with Crippen LogP contribution < -0.4 is 5.32 Å². The van der Waals surface area contributed by atoms with E-state index in [1.807, 2.05) is 11.5 Å². The summed E-state index contributed by atoms with van der Waals surface area (Å²) in [6.07, 6.45) is 4.45. The van der Waals surface area contributed by atoms with Gasteiger partial charge in [-0.1, -0.05) is 24.3 Å². The fourth-order valence-electron chi connectivity index (χ4n) is 4.25. The van der Waals surface area contributed by atoms with Crippen molar-refractivity contribution in [2.75, 3.05) is 6.54 Å². The molecule has 6 heteroatoms. The molecule has 1 fully saturated rings. The molecule has 5 nitrogen and oxygen atoms in total. The first-order chi connectivity index (χ1) is 11.6. The van der Waals surface area contributed by atoms with Crippen molar-refractivity contribution < 1.29 is 4.79 Å². The lowest BCUT2D eigenvalue weighted by Crippen LogP contribution is -2.32. The van der Waals surface area contributed by atoms with Crippen LogP contribution in [-0.2, 0) is 23.2 Å². The predicted octanol–water partition coefficient (Wildman–Crippen LogP) is 2.66. The third-order valence-electron chi connectivity index (χ3n) is 5.60. The maximum Gasteiger partial charge on any atom is 0.224 e. The van der Waals surface area contributed by atoms with Crippen molar-refractivity contribution in [1.82, 2.24) is 20.1 Å². The predicted molar refractivity (Wildman–Crippen MR) is 94.3 cm³/mol. The van der Waals surface area contributed by atoms with Crippen LogP contribution in [0.5, 0.6) is 0 Å². The first-order valence-corrected chi connectivity index (χ1v) is 9.00. The Balaban J connectivity index is 1.40. The lowest BCUT2D eigenvalue weighted by molar-refractivity contribution is -0.122. The second-order valence-electron chi connectivity index (χ2n) is 6.94. The van der Waals surface area contributed by atoms with Crippen LogP contribution in [0.1, 0.15) is 36.2 Å². The Labute approximate surface area is 146 Å². The molecule has 0 radical (unpaired) electrons. The average Bonchev–Trinajstić information content (AvgIpc) is 3.22. The van der Waals surface area contributed by atoms with Crippen LogP contribution in [0.15, 0.2) is 24.3 Å². The van der Waals surface area contributed by atoms with Gasteiger partial charge >= 0.3 is 0 Å². The monoisotopic (exact) mass is 342 g/mol. The average molecular weight is 342 g/mol. The molecule has 1 aromatic heterocycles. The Morgan fingerprint density at radius 1 is 1.50 bits per heavy atom. The quantitative estimate of drug-likeness (QED) is 0.840. The number of benzene rings is 1. The van der Waals surface area contributed by atoms with Gasteiger partial charge in [0.15, 0.2) is 4.77 Å². The summed E-state index contributed by atoms with van der Waals surface area (Å²) < 4.78 is 2.51. The van der Waals surface area contributed by atoms with Crippen molar-refractivity contribution >= 4 is 18.1 Å². The number of aromatic nitrogens is 3. The van der Waals surface area contributed by atoms with Crippen molar-refractivity contribution in [3.8, 4) is 0 Å². The van der Waals surface area contributed by atoms with E-state index in [1.54, 1.807) is 0 Å². The van der Waals surface area contributed by atoms with E-state index in [-0.39, 0.29) is 17.2 Å². The molecule has 1 heterocycles. The second-order valence-corrected chi connectivity index (χ2v) is 7.33. The summed E-state index contributed by atoms with van der Waals surface area (Å²) in [7, 11) is 0. The van der Waals surface area contributed by atoms with Crippen molar-refractivity contribution in [2.45, 2.75) is 44.6 Å². The highest BCUT2D eigenvalue weighted by Gasteiger charge is 2.59. The molecule has 1 saturated carbocycles. The number of amides is 1. The van der Waals surface area contributed by atoms with Crippen LogP contribution in [-0.4, -0.2) is 27.2 Å². The van der Waals surface area contributed by atoms with Gasteiger partial charge in [-0.05, 0) is 56.0 Å². The Kier molecular flexibility index (Phi) is 3.79. The number of carbonyl (C=O) groups is 1. The molecular weight excluding hydrogens is 320 g/mol. The smallest absolute Gasteiger partial charge is 0.224 e. The van der Waals surface area contributed by atoms with Crippen LogP contribution >= 0.6 is 12.2 Å². The number of hydrogen-bond donors (Lipinski definition) is 2. The molecule has 2 aromatic rings. The van der Waals surface area contributed by atoms with Gasteiger partial charge in [0.2, 0.25) is 5.91 Å². The largest absolute Gasteiger partial charge is 0.354 e. The van der Waals surface area contributed by atoms with E-state index in [0.717, 1.165) is 25.1 Å². The first-order valence-electron chi connectivity index (χ1n) is 8.60. The van der Waals surface area contributed by atoms with Gasteiger partial charge in [0.1, 0.15) is 5.82 Å². The summed E-state index contributed by atoms with van der Waals surface area (Å²) in [4.78, 5) is 12.6.